The zero-order valence-corrected chi connectivity index (χ0v) is 9.77. The Bertz CT molecular complexity index is 302. The Morgan fingerprint density at radius 1 is 1.31 bits per heavy atom. The highest BCUT2D eigenvalue weighted by Gasteiger charge is 2.14. The molecule has 72 valence electrons. The Morgan fingerprint density at radius 2 is 1.92 bits per heavy atom. The van der Waals surface area contributed by atoms with Gasteiger partial charge in [0, 0.05) is 4.47 Å². The van der Waals surface area contributed by atoms with E-state index in [0.717, 1.165) is 10.2 Å². The van der Waals surface area contributed by atoms with Gasteiger partial charge in [0.2, 0.25) is 0 Å². The van der Waals surface area contributed by atoms with Crippen LogP contribution in [0.2, 0.25) is 0 Å². The molecule has 0 saturated carbocycles. The number of hydrazine groups is 1. The number of benzene rings is 1. The molecule has 0 amide bonds. The summed E-state index contributed by atoms with van der Waals surface area (Å²) in [6.07, 6.45) is 0. The second-order valence-electron chi connectivity index (χ2n) is 4.09. The summed E-state index contributed by atoms with van der Waals surface area (Å²) in [4.78, 5) is 0. The van der Waals surface area contributed by atoms with Crippen LogP contribution in [-0.2, 0) is 5.41 Å². The SMILES string of the molecule is CC(C)(C)c1ccc(NN)c(Br)c1. The number of nitrogen functional groups attached to an aromatic ring is 1. The van der Waals surface area contributed by atoms with Crippen LogP contribution in [-0.4, -0.2) is 0 Å². The molecule has 0 heterocycles. The van der Waals surface area contributed by atoms with Crippen molar-refractivity contribution < 1.29 is 0 Å². The van der Waals surface area contributed by atoms with Crippen molar-refractivity contribution in [3.63, 3.8) is 0 Å². The van der Waals surface area contributed by atoms with Crippen LogP contribution in [0.5, 0.6) is 0 Å². The Kier molecular flexibility index (Phi) is 2.98. The fourth-order valence-corrected chi connectivity index (χ4v) is 1.59. The molecule has 1 aromatic rings. The average molecular weight is 243 g/mol. The van der Waals surface area contributed by atoms with Gasteiger partial charge in [0.25, 0.3) is 0 Å². The number of nitrogens with one attached hydrogen (secondary N) is 1. The minimum Gasteiger partial charge on any atom is -0.323 e. The largest absolute Gasteiger partial charge is 0.323 e. The van der Waals surface area contributed by atoms with Crippen molar-refractivity contribution in [2.24, 2.45) is 5.84 Å². The van der Waals surface area contributed by atoms with E-state index in [-0.39, 0.29) is 5.41 Å². The first-order valence-electron chi connectivity index (χ1n) is 4.22. The second kappa shape index (κ2) is 3.68. The number of rotatable bonds is 1. The van der Waals surface area contributed by atoms with E-state index in [9.17, 15) is 0 Å². The molecule has 1 rings (SSSR count). The minimum absolute atomic E-state index is 0.176. The summed E-state index contributed by atoms with van der Waals surface area (Å²) in [5.41, 5.74) is 5.00. The first-order chi connectivity index (χ1) is 5.95. The normalized spacial score (nSPS) is 11.5. The first kappa shape index (κ1) is 10.5. The predicted octanol–water partition coefficient (Wildman–Crippen LogP) is 3.03. The van der Waals surface area contributed by atoms with E-state index in [1.807, 2.05) is 6.07 Å². The Morgan fingerprint density at radius 3 is 2.31 bits per heavy atom. The van der Waals surface area contributed by atoms with Crippen molar-refractivity contribution in [3.8, 4) is 0 Å². The molecule has 3 heteroatoms. The summed E-state index contributed by atoms with van der Waals surface area (Å²) < 4.78 is 1.00. The Labute approximate surface area is 87.6 Å². The molecule has 2 nitrogen and oxygen atoms in total. The van der Waals surface area contributed by atoms with Gasteiger partial charge >= 0.3 is 0 Å². The lowest BCUT2D eigenvalue weighted by Crippen LogP contribution is -2.12. The molecule has 0 aromatic heterocycles. The van der Waals surface area contributed by atoms with E-state index in [4.69, 9.17) is 5.84 Å². The average Bonchev–Trinajstić information content (AvgIpc) is 2.02. The zero-order chi connectivity index (χ0) is 10.1. The molecule has 0 aliphatic rings. The van der Waals surface area contributed by atoms with Crippen molar-refractivity contribution in [2.75, 3.05) is 5.43 Å². The monoisotopic (exact) mass is 242 g/mol. The van der Waals surface area contributed by atoms with Crippen molar-refractivity contribution in [1.29, 1.82) is 0 Å². The van der Waals surface area contributed by atoms with Crippen molar-refractivity contribution in [2.45, 2.75) is 26.2 Å². The van der Waals surface area contributed by atoms with Gasteiger partial charge < -0.3 is 5.43 Å². The molecular formula is C10H15BrN2. The third kappa shape index (κ3) is 2.45. The summed E-state index contributed by atoms with van der Waals surface area (Å²) >= 11 is 3.46. The number of nitrogens with two attached hydrogens (primary N) is 1. The van der Waals surface area contributed by atoms with Gasteiger partial charge in [-0.05, 0) is 39.0 Å². The number of anilines is 1. The maximum atomic E-state index is 5.33. The van der Waals surface area contributed by atoms with E-state index in [0.29, 0.717) is 0 Å². The van der Waals surface area contributed by atoms with E-state index in [2.05, 4.69) is 54.3 Å². The van der Waals surface area contributed by atoms with Gasteiger partial charge in [0.15, 0.2) is 0 Å². The summed E-state index contributed by atoms with van der Waals surface area (Å²) in [6.45, 7) is 6.55. The van der Waals surface area contributed by atoms with Crippen LogP contribution in [0.4, 0.5) is 5.69 Å². The lowest BCUT2D eigenvalue weighted by atomic mass is 9.87. The van der Waals surface area contributed by atoms with E-state index in [1.54, 1.807) is 0 Å². The molecule has 0 unspecified atom stereocenters. The van der Waals surface area contributed by atoms with Gasteiger partial charge in [-0.1, -0.05) is 26.8 Å². The van der Waals surface area contributed by atoms with Gasteiger partial charge in [-0.3, -0.25) is 5.84 Å². The maximum Gasteiger partial charge on any atom is 0.0627 e. The molecular weight excluding hydrogens is 228 g/mol. The number of hydrogen-bond acceptors (Lipinski definition) is 2. The third-order valence-electron chi connectivity index (χ3n) is 1.99. The Hall–Kier alpha value is -0.540. The molecule has 13 heavy (non-hydrogen) atoms. The highest BCUT2D eigenvalue weighted by molar-refractivity contribution is 9.10. The lowest BCUT2D eigenvalue weighted by molar-refractivity contribution is 0.590. The van der Waals surface area contributed by atoms with Crippen LogP contribution >= 0.6 is 15.9 Å². The van der Waals surface area contributed by atoms with E-state index in [1.165, 1.54) is 5.56 Å². The summed E-state index contributed by atoms with van der Waals surface area (Å²) in [5, 5.41) is 0. The number of halogens is 1. The van der Waals surface area contributed by atoms with Crippen molar-refractivity contribution in [3.05, 3.63) is 28.2 Å². The van der Waals surface area contributed by atoms with Gasteiger partial charge in [-0.15, -0.1) is 0 Å². The molecule has 3 N–H and O–H groups in total. The van der Waals surface area contributed by atoms with Crippen LogP contribution in [0.1, 0.15) is 26.3 Å². The molecule has 0 aliphatic carbocycles. The zero-order valence-electron chi connectivity index (χ0n) is 8.19. The first-order valence-corrected chi connectivity index (χ1v) is 5.01. The van der Waals surface area contributed by atoms with Crippen LogP contribution in [0.15, 0.2) is 22.7 Å². The highest BCUT2D eigenvalue weighted by atomic mass is 79.9. The van der Waals surface area contributed by atoms with E-state index >= 15 is 0 Å². The van der Waals surface area contributed by atoms with Crippen LogP contribution in [0, 0.1) is 0 Å². The molecule has 1 aromatic carbocycles. The smallest absolute Gasteiger partial charge is 0.0627 e. The standard InChI is InChI=1S/C10H15BrN2/c1-10(2,3)7-4-5-9(13-12)8(11)6-7/h4-6,13H,12H2,1-3H3. The van der Waals surface area contributed by atoms with Crippen molar-refractivity contribution in [1.82, 2.24) is 0 Å². The van der Waals surface area contributed by atoms with E-state index < -0.39 is 0 Å². The van der Waals surface area contributed by atoms with Crippen LogP contribution < -0.4 is 11.3 Å². The third-order valence-corrected chi connectivity index (χ3v) is 2.65. The molecule has 0 saturated heterocycles. The topological polar surface area (TPSA) is 38.0 Å². The number of hydrogen-bond donors (Lipinski definition) is 2. The van der Waals surface area contributed by atoms with Gasteiger partial charge in [-0.2, -0.15) is 0 Å². The Balaban J connectivity index is 3.10. The van der Waals surface area contributed by atoms with Gasteiger partial charge in [-0.25, -0.2) is 0 Å². The summed E-state index contributed by atoms with van der Waals surface area (Å²) in [6, 6.07) is 6.15. The predicted molar refractivity (Wildman–Crippen MR) is 60.7 cm³/mol. The second-order valence-corrected chi connectivity index (χ2v) is 4.94. The minimum atomic E-state index is 0.176. The fraction of sp³-hybridized carbons (Fsp3) is 0.400. The molecule has 0 aliphatic heterocycles. The summed E-state index contributed by atoms with van der Waals surface area (Å²) in [7, 11) is 0. The summed E-state index contributed by atoms with van der Waals surface area (Å²) in [5.74, 6) is 5.33. The van der Waals surface area contributed by atoms with Crippen molar-refractivity contribution >= 4 is 21.6 Å². The lowest BCUT2D eigenvalue weighted by Gasteiger charge is -2.19. The van der Waals surface area contributed by atoms with Gasteiger partial charge in [0.1, 0.15) is 0 Å². The van der Waals surface area contributed by atoms with Crippen LogP contribution in [0.3, 0.4) is 0 Å². The fourth-order valence-electron chi connectivity index (χ4n) is 1.10. The molecule has 0 atom stereocenters. The molecule has 0 bridgehead atoms. The quantitative estimate of drug-likeness (QED) is 0.587. The molecule has 0 radical (unpaired) electrons. The van der Waals surface area contributed by atoms with Gasteiger partial charge in [0.05, 0.1) is 5.69 Å². The molecule has 0 fully saturated rings. The highest BCUT2D eigenvalue weighted by Crippen LogP contribution is 2.29. The molecule has 0 spiro atoms. The van der Waals surface area contributed by atoms with Crippen LogP contribution in [0.25, 0.3) is 0 Å². The maximum absolute atomic E-state index is 5.33.